The summed E-state index contributed by atoms with van der Waals surface area (Å²) < 4.78 is 7.70. The number of methoxy groups -OCH3 is 1. The number of benzene rings is 3. The molecular formula is C22H19N2O2. The number of rotatable bonds is 4. The molecule has 0 unspecified atom stereocenters. The molecule has 0 bridgehead atoms. The summed E-state index contributed by atoms with van der Waals surface area (Å²) in [6, 6.07) is 21.0. The van der Waals surface area contributed by atoms with E-state index >= 15 is 0 Å². The highest BCUT2D eigenvalue weighted by Gasteiger charge is 2.17. The summed E-state index contributed by atoms with van der Waals surface area (Å²) in [7, 11) is 1.67. The van der Waals surface area contributed by atoms with Crippen LogP contribution in [0, 0.1) is 13.0 Å². The largest absolute Gasteiger partial charge is 0.496 e. The first-order chi connectivity index (χ1) is 12.6. The van der Waals surface area contributed by atoms with Crippen molar-refractivity contribution in [3.8, 4) is 5.75 Å². The van der Waals surface area contributed by atoms with Crippen LogP contribution in [0.2, 0.25) is 0 Å². The second-order valence-electron chi connectivity index (χ2n) is 6.40. The van der Waals surface area contributed by atoms with E-state index in [2.05, 4.69) is 16.7 Å². The zero-order chi connectivity index (χ0) is 18.3. The maximum absolute atomic E-state index is 12.0. The molecule has 0 aliphatic carbocycles. The van der Waals surface area contributed by atoms with Gasteiger partial charge in [-0.1, -0.05) is 30.3 Å². The van der Waals surface area contributed by atoms with Crippen LogP contribution in [0.5, 0.6) is 5.75 Å². The van der Waals surface area contributed by atoms with Gasteiger partial charge in [0.2, 0.25) is 5.91 Å². The van der Waals surface area contributed by atoms with E-state index in [1.54, 1.807) is 13.2 Å². The van der Waals surface area contributed by atoms with E-state index in [1.165, 1.54) is 0 Å². The van der Waals surface area contributed by atoms with Crippen molar-refractivity contribution >= 4 is 27.7 Å². The smallest absolute Gasteiger partial charge is 0.249 e. The van der Waals surface area contributed by atoms with Crippen LogP contribution in [-0.4, -0.2) is 17.6 Å². The Hall–Kier alpha value is -3.27. The van der Waals surface area contributed by atoms with Gasteiger partial charge in [-0.05, 0) is 42.8 Å². The van der Waals surface area contributed by atoms with Gasteiger partial charge in [0, 0.05) is 21.9 Å². The lowest BCUT2D eigenvalue weighted by Crippen LogP contribution is -2.11. The zero-order valence-electron chi connectivity index (χ0n) is 14.7. The summed E-state index contributed by atoms with van der Waals surface area (Å²) >= 11 is 0. The fourth-order valence-corrected chi connectivity index (χ4v) is 3.54. The van der Waals surface area contributed by atoms with Gasteiger partial charge in [-0.15, -0.1) is 0 Å². The van der Waals surface area contributed by atoms with Crippen molar-refractivity contribution in [1.82, 2.24) is 4.57 Å². The third kappa shape index (κ3) is 2.51. The number of ether oxygens (including phenoxy) is 1. The maximum Gasteiger partial charge on any atom is 0.249 e. The minimum absolute atomic E-state index is 0.430. The predicted octanol–water partition coefficient (Wildman–Crippen LogP) is 4.06. The third-order valence-electron chi connectivity index (χ3n) is 4.73. The third-order valence-corrected chi connectivity index (χ3v) is 4.73. The van der Waals surface area contributed by atoms with Gasteiger partial charge in [0.25, 0.3) is 0 Å². The van der Waals surface area contributed by atoms with Gasteiger partial charge >= 0.3 is 0 Å². The number of carbonyl (C=O) groups is 1. The zero-order valence-corrected chi connectivity index (χ0v) is 14.7. The molecule has 26 heavy (non-hydrogen) atoms. The number of fused-ring (bicyclic) bond motifs is 3. The Kier molecular flexibility index (Phi) is 3.88. The molecular weight excluding hydrogens is 324 g/mol. The SMILES string of the molecule is COc1ccccc1Cn1c2cc(C)c[c]c2c2c(C(N)=O)cccc21. The highest BCUT2D eigenvalue weighted by molar-refractivity contribution is 6.17. The van der Waals surface area contributed by atoms with E-state index in [0.717, 1.165) is 38.7 Å². The molecule has 4 heteroatoms. The number of carbonyl (C=O) groups excluding carboxylic acids is 1. The fraction of sp³-hybridized carbons (Fsp3) is 0.136. The number of aromatic nitrogens is 1. The van der Waals surface area contributed by atoms with Crippen molar-refractivity contribution in [3.63, 3.8) is 0 Å². The van der Waals surface area contributed by atoms with E-state index in [0.29, 0.717) is 12.1 Å². The molecule has 0 aliphatic heterocycles. The van der Waals surface area contributed by atoms with Gasteiger partial charge in [-0.3, -0.25) is 4.79 Å². The van der Waals surface area contributed by atoms with Crippen LogP contribution in [0.4, 0.5) is 0 Å². The summed E-state index contributed by atoms with van der Waals surface area (Å²) in [5, 5.41) is 1.76. The first-order valence-corrected chi connectivity index (χ1v) is 8.45. The van der Waals surface area contributed by atoms with Crippen LogP contribution >= 0.6 is 0 Å². The number of aryl methyl sites for hydroxylation is 1. The number of primary amides is 1. The fourth-order valence-electron chi connectivity index (χ4n) is 3.54. The van der Waals surface area contributed by atoms with Crippen molar-refractivity contribution in [2.45, 2.75) is 13.5 Å². The molecule has 4 nitrogen and oxygen atoms in total. The van der Waals surface area contributed by atoms with Crippen LogP contribution < -0.4 is 10.5 Å². The van der Waals surface area contributed by atoms with E-state index in [-0.39, 0.29) is 0 Å². The summed E-state index contributed by atoms with van der Waals surface area (Å²) in [6.07, 6.45) is 0. The molecule has 3 aromatic carbocycles. The normalized spacial score (nSPS) is 11.2. The monoisotopic (exact) mass is 343 g/mol. The molecule has 0 atom stereocenters. The number of para-hydroxylation sites is 1. The first kappa shape index (κ1) is 16.2. The lowest BCUT2D eigenvalue weighted by atomic mass is 10.1. The Labute approximate surface area is 151 Å². The number of hydrogen-bond donors (Lipinski definition) is 1. The van der Waals surface area contributed by atoms with Crippen LogP contribution in [0.1, 0.15) is 21.5 Å². The molecule has 129 valence electrons. The van der Waals surface area contributed by atoms with Gasteiger partial charge in [0.15, 0.2) is 0 Å². The molecule has 1 radical (unpaired) electrons. The van der Waals surface area contributed by atoms with Gasteiger partial charge in [-0.25, -0.2) is 0 Å². The minimum atomic E-state index is -0.430. The quantitative estimate of drug-likeness (QED) is 0.607. The van der Waals surface area contributed by atoms with Crippen molar-refractivity contribution in [3.05, 3.63) is 77.4 Å². The van der Waals surface area contributed by atoms with Crippen LogP contribution in [0.15, 0.2) is 54.6 Å². The van der Waals surface area contributed by atoms with Crippen molar-refractivity contribution in [2.24, 2.45) is 5.73 Å². The number of amides is 1. The van der Waals surface area contributed by atoms with E-state index in [9.17, 15) is 4.79 Å². The van der Waals surface area contributed by atoms with Crippen molar-refractivity contribution in [2.75, 3.05) is 7.11 Å². The lowest BCUT2D eigenvalue weighted by molar-refractivity contribution is 0.100. The summed E-state index contributed by atoms with van der Waals surface area (Å²) in [4.78, 5) is 12.0. The summed E-state index contributed by atoms with van der Waals surface area (Å²) in [5.41, 5.74) is 10.3. The highest BCUT2D eigenvalue weighted by atomic mass is 16.5. The molecule has 4 aromatic rings. The van der Waals surface area contributed by atoms with Gasteiger partial charge < -0.3 is 15.0 Å². The average Bonchev–Trinajstić information content (AvgIpc) is 2.95. The van der Waals surface area contributed by atoms with Crippen LogP contribution in [0.25, 0.3) is 21.8 Å². The Morgan fingerprint density at radius 2 is 1.96 bits per heavy atom. The second kappa shape index (κ2) is 6.23. The topological polar surface area (TPSA) is 57.2 Å². The highest BCUT2D eigenvalue weighted by Crippen LogP contribution is 2.33. The lowest BCUT2D eigenvalue weighted by Gasteiger charge is -2.12. The Morgan fingerprint density at radius 1 is 1.15 bits per heavy atom. The predicted molar refractivity (Wildman–Crippen MR) is 104 cm³/mol. The van der Waals surface area contributed by atoms with Gasteiger partial charge in [0.1, 0.15) is 5.75 Å². The molecule has 2 N–H and O–H groups in total. The minimum Gasteiger partial charge on any atom is -0.496 e. The Balaban J connectivity index is 2.05. The van der Waals surface area contributed by atoms with Gasteiger partial charge in [-0.2, -0.15) is 0 Å². The van der Waals surface area contributed by atoms with Crippen molar-refractivity contribution in [1.29, 1.82) is 0 Å². The summed E-state index contributed by atoms with van der Waals surface area (Å²) in [5.74, 6) is 0.408. The molecule has 4 rings (SSSR count). The number of nitrogens with two attached hydrogens (primary N) is 1. The van der Waals surface area contributed by atoms with Crippen LogP contribution in [0.3, 0.4) is 0 Å². The number of nitrogens with zero attached hydrogens (tertiary/aromatic N) is 1. The maximum atomic E-state index is 12.0. The molecule has 0 spiro atoms. The summed E-state index contributed by atoms with van der Waals surface area (Å²) in [6.45, 7) is 2.67. The van der Waals surface area contributed by atoms with Gasteiger partial charge in [0.05, 0.1) is 24.7 Å². The molecule has 1 heterocycles. The molecule has 0 saturated heterocycles. The molecule has 0 saturated carbocycles. The van der Waals surface area contributed by atoms with Crippen molar-refractivity contribution < 1.29 is 9.53 Å². The molecule has 1 amide bonds. The van der Waals surface area contributed by atoms with Crippen LogP contribution in [-0.2, 0) is 6.54 Å². The van der Waals surface area contributed by atoms with E-state index < -0.39 is 5.91 Å². The second-order valence-corrected chi connectivity index (χ2v) is 6.40. The Bertz CT molecular complexity index is 1140. The van der Waals surface area contributed by atoms with E-state index in [1.807, 2.05) is 49.4 Å². The Morgan fingerprint density at radius 3 is 2.73 bits per heavy atom. The molecule has 0 aliphatic rings. The first-order valence-electron chi connectivity index (χ1n) is 8.45. The number of hydrogen-bond acceptors (Lipinski definition) is 2. The van der Waals surface area contributed by atoms with E-state index in [4.69, 9.17) is 10.5 Å². The average molecular weight is 343 g/mol. The standard InChI is InChI=1S/C22H19N2O2/c1-14-10-11-16-19(12-14)24(13-15-6-3-4-9-20(15)26-2)18-8-5-7-17(21(16)18)22(23)25/h3-10,12H,13H2,1-2H3,(H2,23,25). The molecule has 0 fully saturated rings. The molecule has 1 aromatic heterocycles.